The molecule has 88 valence electrons. The highest BCUT2D eigenvalue weighted by atomic mass is 16.5. The van der Waals surface area contributed by atoms with E-state index in [1.54, 1.807) is 13.3 Å². The van der Waals surface area contributed by atoms with E-state index in [-0.39, 0.29) is 0 Å². The van der Waals surface area contributed by atoms with Gasteiger partial charge in [-0.1, -0.05) is 12.1 Å². The van der Waals surface area contributed by atoms with Gasteiger partial charge in [0.1, 0.15) is 5.75 Å². The smallest absolute Gasteiger partial charge is 0.119 e. The molecule has 0 saturated carbocycles. The summed E-state index contributed by atoms with van der Waals surface area (Å²) in [5.41, 5.74) is 3.46. The monoisotopic (exact) mass is 228 g/mol. The van der Waals surface area contributed by atoms with Crippen molar-refractivity contribution in [3.05, 3.63) is 53.9 Å². The van der Waals surface area contributed by atoms with Gasteiger partial charge < -0.3 is 10.1 Å². The second-order valence-corrected chi connectivity index (χ2v) is 3.90. The molecule has 1 aromatic heterocycles. The van der Waals surface area contributed by atoms with Gasteiger partial charge >= 0.3 is 0 Å². The number of aromatic nitrogens is 1. The molecule has 3 heteroatoms. The highest BCUT2D eigenvalue weighted by molar-refractivity contribution is 5.49. The molecule has 1 N–H and O–H groups in total. The molecule has 0 amide bonds. The number of benzene rings is 1. The van der Waals surface area contributed by atoms with Crippen LogP contribution in [0.1, 0.15) is 11.1 Å². The summed E-state index contributed by atoms with van der Waals surface area (Å²) in [6.45, 7) is 2.82. The maximum Gasteiger partial charge on any atom is 0.119 e. The normalized spacial score (nSPS) is 10.0. The number of methoxy groups -OCH3 is 1. The number of hydrogen-bond acceptors (Lipinski definition) is 3. The molecule has 2 rings (SSSR count). The van der Waals surface area contributed by atoms with Crippen LogP contribution in [-0.2, 0) is 6.54 Å². The van der Waals surface area contributed by atoms with Crippen LogP contribution in [-0.4, -0.2) is 12.1 Å². The Labute approximate surface area is 101 Å². The molecule has 0 saturated heterocycles. The quantitative estimate of drug-likeness (QED) is 0.873. The highest BCUT2D eigenvalue weighted by Gasteiger charge is 1.98. The lowest BCUT2D eigenvalue weighted by Gasteiger charge is -2.09. The first-order chi connectivity index (χ1) is 8.29. The summed E-state index contributed by atoms with van der Waals surface area (Å²) in [5, 5.41) is 3.38. The Morgan fingerprint density at radius 2 is 2.18 bits per heavy atom. The zero-order valence-electron chi connectivity index (χ0n) is 10.1. The molecule has 0 atom stereocenters. The number of nitrogens with zero attached hydrogens (tertiary/aromatic N) is 1. The lowest BCUT2D eigenvalue weighted by molar-refractivity contribution is 0.414. The molecule has 0 aliphatic rings. The molecule has 0 aliphatic heterocycles. The van der Waals surface area contributed by atoms with Crippen LogP contribution in [0.15, 0.2) is 42.7 Å². The first-order valence-electron chi connectivity index (χ1n) is 5.57. The predicted molar refractivity (Wildman–Crippen MR) is 69.3 cm³/mol. The highest BCUT2D eigenvalue weighted by Crippen LogP contribution is 2.16. The van der Waals surface area contributed by atoms with Gasteiger partial charge in [0.05, 0.1) is 7.11 Å². The number of pyridine rings is 1. The Hall–Kier alpha value is -2.03. The summed E-state index contributed by atoms with van der Waals surface area (Å²) >= 11 is 0. The number of nitrogens with one attached hydrogen (secondary N) is 1. The van der Waals surface area contributed by atoms with Gasteiger partial charge in [0, 0.05) is 24.6 Å². The molecule has 0 unspecified atom stereocenters. The summed E-state index contributed by atoms with van der Waals surface area (Å²) in [5.74, 6) is 0.885. The Kier molecular flexibility index (Phi) is 3.60. The van der Waals surface area contributed by atoms with Gasteiger partial charge in [0.15, 0.2) is 0 Å². The molecule has 0 spiro atoms. The van der Waals surface area contributed by atoms with Crippen molar-refractivity contribution in [3.63, 3.8) is 0 Å². The second kappa shape index (κ2) is 5.34. The molecule has 0 aliphatic carbocycles. The Morgan fingerprint density at radius 1 is 1.29 bits per heavy atom. The molecule has 0 fully saturated rings. The van der Waals surface area contributed by atoms with Crippen LogP contribution in [0.4, 0.5) is 5.69 Å². The van der Waals surface area contributed by atoms with E-state index < -0.39 is 0 Å². The van der Waals surface area contributed by atoms with Crippen molar-refractivity contribution in [3.8, 4) is 5.75 Å². The van der Waals surface area contributed by atoms with Crippen LogP contribution in [0.2, 0.25) is 0 Å². The van der Waals surface area contributed by atoms with Crippen LogP contribution in [0.3, 0.4) is 0 Å². The Balaban J connectivity index is 2.05. The SMILES string of the molecule is COc1cccc(CNc2ccncc2C)c1. The van der Waals surface area contributed by atoms with E-state index in [9.17, 15) is 0 Å². The third-order valence-electron chi connectivity index (χ3n) is 2.64. The van der Waals surface area contributed by atoms with E-state index >= 15 is 0 Å². The van der Waals surface area contributed by atoms with Crippen LogP contribution >= 0.6 is 0 Å². The van der Waals surface area contributed by atoms with Crippen molar-refractivity contribution < 1.29 is 4.74 Å². The van der Waals surface area contributed by atoms with Crippen LogP contribution < -0.4 is 10.1 Å². The summed E-state index contributed by atoms with van der Waals surface area (Å²) in [4.78, 5) is 4.07. The summed E-state index contributed by atoms with van der Waals surface area (Å²) in [6, 6.07) is 10.0. The summed E-state index contributed by atoms with van der Waals surface area (Å²) < 4.78 is 5.19. The number of anilines is 1. The second-order valence-electron chi connectivity index (χ2n) is 3.90. The standard InChI is InChI=1S/C14H16N2O/c1-11-9-15-7-6-14(11)16-10-12-4-3-5-13(8-12)17-2/h3-9H,10H2,1-2H3,(H,15,16). The lowest BCUT2D eigenvalue weighted by Crippen LogP contribution is -2.01. The van der Waals surface area contributed by atoms with Gasteiger partial charge in [0.2, 0.25) is 0 Å². The minimum atomic E-state index is 0.780. The lowest BCUT2D eigenvalue weighted by atomic mass is 10.2. The summed E-state index contributed by atoms with van der Waals surface area (Å²) in [7, 11) is 1.68. The molecule has 17 heavy (non-hydrogen) atoms. The maximum absolute atomic E-state index is 5.19. The van der Waals surface area contributed by atoms with Crippen molar-refractivity contribution in [2.24, 2.45) is 0 Å². The first-order valence-corrected chi connectivity index (χ1v) is 5.57. The minimum absolute atomic E-state index is 0.780. The number of ether oxygens (including phenoxy) is 1. The third kappa shape index (κ3) is 2.97. The maximum atomic E-state index is 5.19. The molecule has 1 aromatic carbocycles. The number of hydrogen-bond donors (Lipinski definition) is 1. The fourth-order valence-electron chi connectivity index (χ4n) is 1.65. The molecule has 0 radical (unpaired) electrons. The zero-order valence-corrected chi connectivity index (χ0v) is 10.1. The number of rotatable bonds is 4. The first kappa shape index (κ1) is 11.5. The van der Waals surface area contributed by atoms with Crippen molar-refractivity contribution in [2.45, 2.75) is 13.5 Å². The fraction of sp³-hybridized carbons (Fsp3) is 0.214. The van der Waals surface area contributed by atoms with Gasteiger partial charge in [-0.05, 0) is 36.2 Å². The van der Waals surface area contributed by atoms with Crippen LogP contribution in [0, 0.1) is 6.92 Å². The number of aryl methyl sites for hydroxylation is 1. The van der Waals surface area contributed by atoms with Crippen molar-refractivity contribution >= 4 is 5.69 Å². The molecular formula is C14H16N2O. The van der Waals surface area contributed by atoms with Gasteiger partial charge in [-0.15, -0.1) is 0 Å². The van der Waals surface area contributed by atoms with Crippen molar-refractivity contribution in [1.29, 1.82) is 0 Å². The molecular weight excluding hydrogens is 212 g/mol. The minimum Gasteiger partial charge on any atom is -0.497 e. The van der Waals surface area contributed by atoms with E-state index in [0.29, 0.717) is 0 Å². The van der Waals surface area contributed by atoms with Gasteiger partial charge in [0.25, 0.3) is 0 Å². The topological polar surface area (TPSA) is 34.1 Å². The van der Waals surface area contributed by atoms with E-state index in [4.69, 9.17) is 4.74 Å². The zero-order chi connectivity index (χ0) is 12.1. The molecule has 0 bridgehead atoms. The Morgan fingerprint density at radius 3 is 2.94 bits per heavy atom. The fourth-order valence-corrected chi connectivity index (χ4v) is 1.65. The van der Waals surface area contributed by atoms with E-state index in [2.05, 4.69) is 16.4 Å². The average Bonchev–Trinajstić information content (AvgIpc) is 2.38. The van der Waals surface area contributed by atoms with Gasteiger partial charge in [-0.25, -0.2) is 0 Å². The molecule has 2 aromatic rings. The summed E-state index contributed by atoms with van der Waals surface area (Å²) in [6.07, 6.45) is 3.65. The van der Waals surface area contributed by atoms with E-state index in [0.717, 1.165) is 23.5 Å². The van der Waals surface area contributed by atoms with Crippen molar-refractivity contribution in [2.75, 3.05) is 12.4 Å². The van der Waals surface area contributed by atoms with E-state index in [1.165, 1.54) is 5.56 Å². The molecule has 3 nitrogen and oxygen atoms in total. The van der Waals surface area contributed by atoms with Gasteiger partial charge in [-0.2, -0.15) is 0 Å². The van der Waals surface area contributed by atoms with Gasteiger partial charge in [-0.3, -0.25) is 4.98 Å². The molecule has 1 heterocycles. The Bertz CT molecular complexity index is 497. The van der Waals surface area contributed by atoms with E-state index in [1.807, 2.05) is 37.4 Å². The van der Waals surface area contributed by atoms with Crippen LogP contribution in [0.25, 0.3) is 0 Å². The predicted octanol–water partition coefficient (Wildman–Crippen LogP) is 3.01. The van der Waals surface area contributed by atoms with Crippen molar-refractivity contribution in [1.82, 2.24) is 4.98 Å². The van der Waals surface area contributed by atoms with Crippen LogP contribution in [0.5, 0.6) is 5.75 Å². The third-order valence-corrected chi connectivity index (χ3v) is 2.64. The average molecular weight is 228 g/mol. The largest absolute Gasteiger partial charge is 0.497 e.